The van der Waals surface area contributed by atoms with Crippen molar-refractivity contribution in [3.8, 4) is 0 Å². The fraction of sp³-hybridized carbons (Fsp3) is 0.545. The van der Waals surface area contributed by atoms with Crippen LogP contribution >= 0.6 is 0 Å². The first-order valence-electron chi connectivity index (χ1n) is 10.1. The van der Waals surface area contributed by atoms with Crippen molar-refractivity contribution in [2.75, 3.05) is 6.54 Å². The van der Waals surface area contributed by atoms with E-state index in [1.54, 1.807) is 0 Å². The summed E-state index contributed by atoms with van der Waals surface area (Å²) in [6.07, 6.45) is 7.83. The SMILES string of the molecule is CCCCC/C(CNC(=O)NCc1ccccc1)=C(/CCCCC)C(N)=O. The first kappa shape index (κ1) is 22.7. The standard InChI is InChI=1S/C22H35N3O2/c1-3-5-8-14-19(20(21(23)26)15-9-6-4-2)17-25-22(27)24-16-18-12-10-7-11-13-18/h7,10-13H,3-6,8-9,14-17H2,1-2H3,(H2,23,26)(H2,24,25,27)/b20-19+. The van der Waals surface area contributed by atoms with E-state index < -0.39 is 0 Å². The van der Waals surface area contributed by atoms with Gasteiger partial charge in [0.05, 0.1) is 0 Å². The van der Waals surface area contributed by atoms with E-state index in [1.165, 1.54) is 0 Å². The summed E-state index contributed by atoms with van der Waals surface area (Å²) in [5.41, 5.74) is 8.36. The molecule has 1 aromatic carbocycles. The zero-order valence-electron chi connectivity index (χ0n) is 16.9. The molecule has 0 aliphatic heterocycles. The van der Waals surface area contributed by atoms with Gasteiger partial charge in [-0.05, 0) is 36.8 Å². The fourth-order valence-corrected chi connectivity index (χ4v) is 2.99. The minimum absolute atomic E-state index is 0.232. The molecular formula is C22H35N3O2. The quantitative estimate of drug-likeness (QED) is 0.353. The number of unbranched alkanes of at least 4 members (excludes halogenated alkanes) is 4. The lowest BCUT2D eigenvalue weighted by Crippen LogP contribution is -2.36. The lowest BCUT2D eigenvalue weighted by molar-refractivity contribution is -0.114. The highest BCUT2D eigenvalue weighted by Crippen LogP contribution is 2.18. The summed E-state index contributed by atoms with van der Waals surface area (Å²) in [5.74, 6) is -0.357. The molecule has 0 bridgehead atoms. The highest BCUT2D eigenvalue weighted by Gasteiger charge is 2.13. The molecule has 0 radical (unpaired) electrons. The van der Waals surface area contributed by atoms with Gasteiger partial charge >= 0.3 is 6.03 Å². The van der Waals surface area contributed by atoms with E-state index in [0.29, 0.717) is 25.1 Å². The van der Waals surface area contributed by atoms with Gasteiger partial charge in [-0.1, -0.05) is 69.9 Å². The minimum atomic E-state index is -0.357. The highest BCUT2D eigenvalue weighted by molar-refractivity contribution is 5.93. The van der Waals surface area contributed by atoms with Crippen molar-refractivity contribution in [1.29, 1.82) is 0 Å². The molecule has 1 aromatic rings. The normalized spacial score (nSPS) is 11.6. The van der Waals surface area contributed by atoms with Gasteiger partial charge in [0.1, 0.15) is 0 Å². The van der Waals surface area contributed by atoms with E-state index in [4.69, 9.17) is 5.73 Å². The number of hydrogen-bond donors (Lipinski definition) is 3. The Kier molecular flexibility index (Phi) is 11.7. The van der Waals surface area contributed by atoms with E-state index in [-0.39, 0.29) is 11.9 Å². The molecule has 0 heterocycles. The third-order valence-electron chi connectivity index (χ3n) is 4.59. The van der Waals surface area contributed by atoms with Crippen LogP contribution in [0.2, 0.25) is 0 Å². The number of nitrogens with one attached hydrogen (secondary N) is 2. The van der Waals surface area contributed by atoms with Crippen LogP contribution in [0.5, 0.6) is 0 Å². The lowest BCUT2D eigenvalue weighted by atomic mass is 9.96. The van der Waals surface area contributed by atoms with Gasteiger partial charge in [-0.3, -0.25) is 4.79 Å². The molecule has 0 aliphatic rings. The Morgan fingerprint density at radius 1 is 0.889 bits per heavy atom. The van der Waals surface area contributed by atoms with Crippen LogP contribution in [0.15, 0.2) is 41.5 Å². The average Bonchev–Trinajstić information content (AvgIpc) is 2.67. The molecule has 4 N–H and O–H groups in total. The summed E-state index contributed by atoms with van der Waals surface area (Å²) in [6.45, 7) is 5.12. The molecule has 0 saturated carbocycles. The van der Waals surface area contributed by atoms with Crippen molar-refractivity contribution in [1.82, 2.24) is 10.6 Å². The number of amides is 3. The van der Waals surface area contributed by atoms with E-state index >= 15 is 0 Å². The number of urea groups is 1. The summed E-state index contributed by atoms with van der Waals surface area (Å²) in [5, 5.41) is 5.74. The van der Waals surface area contributed by atoms with E-state index in [0.717, 1.165) is 56.1 Å². The van der Waals surface area contributed by atoms with Crippen LogP contribution in [0.4, 0.5) is 4.79 Å². The van der Waals surface area contributed by atoms with Crippen molar-refractivity contribution in [2.45, 2.75) is 71.8 Å². The smallest absolute Gasteiger partial charge is 0.315 e. The van der Waals surface area contributed by atoms with E-state index in [2.05, 4.69) is 24.5 Å². The van der Waals surface area contributed by atoms with Gasteiger partial charge in [0, 0.05) is 18.7 Å². The number of nitrogens with two attached hydrogens (primary N) is 1. The van der Waals surface area contributed by atoms with Crippen LogP contribution in [0.1, 0.15) is 70.8 Å². The Morgan fingerprint density at radius 3 is 2.11 bits per heavy atom. The molecule has 1 rings (SSSR count). The molecule has 0 aliphatic carbocycles. The van der Waals surface area contributed by atoms with Crippen molar-refractivity contribution in [3.05, 3.63) is 47.0 Å². The van der Waals surface area contributed by atoms with Gasteiger partial charge in [-0.15, -0.1) is 0 Å². The van der Waals surface area contributed by atoms with E-state index in [1.807, 2.05) is 30.3 Å². The molecule has 0 atom stereocenters. The molecule has 5 nitrogen and oxygen atoms in total. The van der Waals surface area contributed by atoms with Crippen LogP contribution in [0.3, 0.4) is 0 Å². The first-order valence-corrected chi connectivity index (χ1v) is 10.1. The third-order valence-corrected chi connectivity index (χ3v) is 4.59. The molecule has 27 heavy (non-hydrogen) atoms. The van der Waals surface area contributed by atoms with Crippen molar-refractivity contribution in [2.24, 2.45) is 5.73 Å². The second kappa shape index (κ2) is 13.8. The molecule has 0 aromatic heterocycles. The van der Waals surface area contributed by atoms with Crippen LogP contribution in [-0.2, 0) is 11.3 Å². The summed E-state index contributed by atoms with van der Waals surface area (Å²) in [7, 11) is 0. The van der Waals surface area contributed by atoms with Crippen molar-refractivity contribution < 1.29 is 9.59 Å². The summed E-state index contributed by atoms with van der Waals surface area (Å²) >= 11 is 0. The average molecular weight is 374 g/mol. The molecule has 5 heteroatoms. The molecule has 0 unspecified atom stereocenters. The number of rotatable bonds is 13. The molecule has 150 valence electrons. The van der Waals surface area contributed by atoms with Crippen LogP contribution in [-0.4, -0.2) is 18.5 Å². The Bertz CT molecular complexity index is 597. The van der Waals surface area contributed by atoms with Crippen LogP contribution < -0.4 is 16.4 Å². The summed E-state index contributed by atoms with van der Waals surface area (Å²) in [6, 6.07) is 9.53. The lowest BCUT2D eigenvalue weighted by Gasteiger charge is -2.15. The zero-order valence-corrected chi connectivity index (χ0v) is 16.9. The first-order chi connectivity index (χ1) is 13.1. The predicted molar refractivity (Wildman–Crippen MR) is 111 cm³/mol. The summed E-state index contributed by atoms with van der Waals surface area (Å²) < 4.78 is 0. The van der Waals surface area contributed by atoms with Crippen molar-refractivity contribution >= 4 is 11.9 Å². The van der Waals surface area contributed by atoms with Crippen LogP contribution in [0.25, 0.3) is 0 Å². The largest absolute Gasteiger partial charge is 0.366 e. The molecule has 0 saturated heterocycles. The Balaban J connectivity index is 2.66. The maximum atomic E-state index is 12.1. The Labute approximate surface area is 163 Å². The Morgan fingerprint density at radius 2 is 1.52 bits per heavy atom. The highest BCUT2D eigenvalue weighted by atomic mass is 16.2. The number of hydrogen-bond acceptors (Lipinski definition) is 2. The number of primary amides is 1. The van der Waals surface area contributed by atoms with Gasteiger partial charge in [0.2, 0.25) is 5.91 Å². The molecule has 0 spiro atoms. The summed E-state index contributed by atoms with van der Waals surface area (Å²) in [4.78, 5) is 24.1. The number of benzene rings is 1. The zero-order chi connectivity index (χ0) is 19.9. The van der Waals surface area contributed by atoms with Crippen LogP contribution in [0, 0.1) is 0 Å². The minimum Gasteiger partial charge on any atom is -0.366 e. The topological polar surface area (TPSA) is 84.2 Å². The number of carbonyl (C=O) groups excluding carboxylic acids is 2. The molecule has 0 fully saturated rings. The number of carbonyl (C=O) groups is 2. The predicted octanol–water partition coefficient (Wildman–Crippen LogP) is 4.43. The fourth-order valence-electron chi connectivity index (χ4n) is 2.99. The second-order valence-corrected chi connectivity index (χ2v) is 6.88. The maximum absolute atomic E-state index is 12.1. The maximum Gasteiger partial charge on any atom is 0.315 e. The van der Waals surface area contributed by atoms with Gasteiger partial charge in [-0.2, -0.15) is 0 Å². The van der Waals surface area contributed by atoms with Gasteiger partial charge < -0.3 is 16.4 Å². The molecule has 3 amide bonds. The molecular weight excluding hydrogens is 338 g/mol. The second-order valence-electron chi connectivity index (χ2n) is 6.88. The Hall–Kier alpha value is -2.30. The van der Waals surface area contributed by atoms with Crippen molar-refractivity contribution in [3.63, 3.8) is 0 Å². The van der Waals surface area contributed by atoms with E-state index in [9.17, 15) is 9.59 Å². The third kappa shape index (κ3) is 9.83. The van der Waals surface area contributed by atoms with Gasteiger partial charge in [-0.25, -0.2) is 4.79 Å². The van der Waals surface area contributed by atoms with Gasteiger partial charge in [0.25, 0.3) is 0 Å². The van der Waals surface area contributed by atoms with Gasteiger partial charge in [0.15, 0.2) is 0 Å². The monoisotopic (exact) mass is 373 g/mol.